The molecule has 0 saturated carbocycles. The van der Waals surface area contributed by atoms with Crippen molar-refractivity contribution in [2.24, 2.45) is 0 Å². The predicted octanol–water partition coefficient (Wildman–Crippen LogP) is 4.74. The van der Waals surface area contributed by atoms with E-state index in [0.717, 1.165) is 70.0 Å². The molecule has 0 bridgehead atoms. The molecular formula is C28H39N5. The van der Waals surface area contributed by atoms with Crippen molar-refractivity contribution in [3.8, 4) is 5.69 Å². The number of piperazine rings is 1. The quantitative estimate of drug-likeness (QED) is 0.457. The summed E-state index contributed by atoms with van der Waals surface area (Å²) in [7, 11) is 0. The summed E-state index contributed by atoms with van der Waals surface area (Å²) >= 11 is 0. The number of benzene rings is 2. The van der Waals surface area contributed by atoms with Gasteiger partial charge in [0, 0.05) is 44.1 Å². The first-order valence-electron chi connectivity index (χ1n) is 12.5. The van der Waals surface area contributed by atoms with Crippen molar-refractivity contribution in [2.45, 2.75) is 46.6 Å². The molecule has 1 N–H and O–H groups in total. The summed E-state index contributed by atoms with van der Waals surface area (Å²) in [6, 6.07) is 19.4. The Labute approximate surface area is 199 Å². The van der Waals surface area contributed by atoms with E-state index in [1.54, 1.807) is 0 Å². The second-order valence-corrected chi connectivity index (χ2v) is 9.20. The van der Waals surface area contributed by atoms with Crippen LogP contribution in [0, 0.1) is 13.8 Å². The Hall–Kier alpha value is -2.63. The molecular weight excluding hydrogens is 406 g/mol. The van der Waals surface area contributed by atoms with Gasteiger partial charge in [0.2, 0.25) is 0 Å². The SMILES string of the molecule is CCCc1cc(CNCCCN2CCN(c3cccc(C)c3C)CC2)nn1-c1ccccc1. The Morgan fingerprint density at radius 3 is 2.48 bits per heavy atom. The minimum absolute atomic E-state index is 0.830. The molecule has 2 heterocycles. The molecule has 0 aliphatic carbocycles. The fourth-order valence-electron chi connectivity index (χ4n) is 4.72. The Morgan fingerprint density at radius 2 is 1.73 bits per heavy atom. The maximum absolute atomic E-state index is 4.88. The van der Waals surface area contributed by atoms with Crippen LogP contribution in [-0.4, -0.2) is 53.9 Å². The predicted molar refractivity (Wildman–Crippen MR) is 138 cm³/mol. The van der Waals surface area contributed by atoms with Gasteiger partial charge in [0.15, 0.2) is 0 Å². The van der Waals surface area contributed by atoms with Crippen LogP contribution in [0.3, 0.4) is 0 Å². The summed E-state index contributed by atoms with van der Waals surface area (Å²) in [5.41, 5.74) is 7.79. The Bertz CT molecular complexity index is 1000. The summed E-state index contributed by atoms with van der Waals surface area (Å²) < 4.78 is 2.11. The summed E-state index contributed by atoms with van der Waals surface area (Å²) in [5.74, 6) is 0. The molecule has 5 nitrogen and oxygen atoms in total. The van der Waals surface area contributed by atoms with E-state index in [1.165, 1.54) is 28.9 Å². The zero-order valence-corrected chi connectivity index (χ0v) is 20.6. The molecule has 0 radical (unpaired) electrons. The van der Waals surface area contributed by atoms with Gasteiger partial charge >= 0.3 is 0 Å². The number of para-hydroxylation sites is 1. The van der Waals surface area contributed by atoms with Gasteiger partial charge in [0.05, 0.1) is 11.4 Å². The smallest absolute Gasteiger partial charge is 0.0769 e. The lowest BCUT2D eigenvalue weighted by molar-refractivity contribution is 0.254. The second-order valence-electron chi connectivity index (χ2n) is 9.20. The first kappa shape index (κ1) is 23.5. The molecule has 4 rings (SSSR count). The van der Waals surface area contributed by atoms with E-state index in [0.29, 0.717) is 0 Å². The Morgan fingerprint density at radius 1 is 0.939 bits per heavy atom. The lowest BCUT2D eigenvalue weighted by atomic mass is 10.1. The number of hydrogen-bond donors (Lipinski definition) is 1. The summed E-state index contributed by atoms with van der Waals surface area (Å²) in [6.07, 6.45) is 3.35. The molecule has 0 unspecified atom stereocenters. The fourth-order valence-corrected chi connectivity index (χ4v) is 4.72. The highest BCUT2D eigenvalue weighted by Gasteiger charge is 2.18. The first-order chi connectivity index (χ1) is 16.2. The molecule has 176 valence electrons. The second kappa shape index (κ2) is 11.5. The zero-order valence-electron chi connectivity index (χ0n) is 20.6. The number of hydrogen-bond acceptors (Lipinski definition) is 4. The van der Waals surface area contributed by atoms with Crippen LogP contribution in [0.4, 0.5) is 5.69 Å². The lowest BCUT2D eigenvalue weighted by Crippen LogP contribution is -2.47. The average molecular weight is 446 g/mol. The molecule has 0 atom stereocenters. The highest BCUT2D eigenvalue weighted by Crippen LogP contribution is 2.23. The van der Waals surface area contributed by atoms with Crippen LogP contribution in [0.25, 0.3) is 5.69 Å². The molecule has 1 aromatic heterocycles. The van der Waals surface area contributed by atoms with Gasteiger partial charge in [0.1, 0.15) is 0 Å². The van der Waals surface area contributed by atoms with Gasteiger partial charge in [-0.2, -0.15) is 5.10 Å². The van der Waals surface area contributed by atoms with Crippen LogP contribution in [0.15, 0.2) is 54.6 Å². The van der Waals surface area contributed by atoms with Gasteiger partial charge in [0.25, 0.3) is 0 Å². The molecule has 1 fully saturated rings. The maximum Gasteiger partial charge on any atom is 0.0769 e. The molecule has 33 heavy (non-hydrogen) atoms. The minimum atomic E-state index is 0.830. The van der Waals surface area contributed by atoms with Gasteiger partial charge < -0.3 is 10.2 Å². The van der Waals surface area contributed by atoms with Crippen molar-refractivity contribution in [1.29, 1.82) is 0 Å². The molecule has 0 spiro atoms. The number of anilines is 1. The average Bonchev–Trinajstić information content (AvgIpc) is 3.24. The number of aryl methyl sites for hydroxylation is 2. The minimum Gasteiger partial charge on any atom is -0.369 e. The molecule has 0 amide bonds. The van der Waals surface area contributed by atoms with Gasteiger partial charge in [-0.05, 0) is 75.2 Å². The van der Waals surface area contributed by atoms with Gasteiger partial charge in [-0.15, -0.1) is 0 Å². The summed E-state index contributed by atoms with van der Waals surface area (Å²) in [6.45, 7) is 14.2. The Kier molecular flexibility index (Phi) is 8.19. The highest BCUT2D eigenvalue weighted by atomic mass is 15.3. The monoisotopic (exact) mass is 445 g/mol. The van der Waals surface area contributed by atoms with Crippen molar-refractivity contribution in [3.63, 3.8) is 0 Å². The third-order valence-electron chi connectivity index (χ3n) is 6.76. The van der Waals surface area contributed by atoms with Gasteiger partial charge in [-0.25, -0.2) is 4.68 Å². The summed E-state index contributed by atoms with van der Waals surface area (Å²) in [5, 5.41) is 8.49. The number of nitrogens with one attached hydrogen (secondary N) is 1. The van der Waals surface area contributed by atoms with E-state index < -0.39 is 0 Å². The van der Waals surface area contributed by atoms with Gasteiger partial charge in [-0.1, -0.05) is 43.7 Å². The normalized spacial score (nSPS) is 14.7. The Balaban J connectivity index is 1.20. The van der Waals surface area contributed by atoms with Crippen LogP contribution in [0.1, 0.15) is 42.3 Å². The standard InChI is InChI=1S/C28H39N5/c1-4-10-27-21-25(30-33(27)26-12-6-5-7-13-26)22-29-15-9-16-31-17-19-32(20-18-31)28-14-8-11-23(2)24(28)3/h5-8,11-14,21,29H,4,9-10,15-20,22H2,1-3H3. The highest BCUT2D eigenvalue weighted by molar-refractivity contribution is 5.56. The first-order valence-corrected chi connectivity index (χ1v) is 12.5. The van der Waals surface area contributed by atoms with Crippen LogP contribution in [0.5, 0.6) is 0 Å². The zero-order chi connectivity index (χ0) is 23.0. The molecule has 1 saturated heterocycles. The van der Waals surface area contributed by atoms with Crippen molar-refractivity contribution in [3.05, 3.63) is 77.1 Å². The van der Waals surface area contributed by atoms with E-state index >= 15 is 0 Å². The van der Waals surface area contributed by atoms with Crippen molar-refractivity contribution in [1.82, 2.24) is 20.0 Å². The van der Waals surface area contributed by atoms with Gasteiger partial charge in [-0.3, -0.25) is 4.90 Å². The van der Waals surface area contributed by atoms with Crippen LogP contribution < -0.4 is 10.2 Å². The lowest BCUT2D eigenvalue weighted by Gasteiger charge is -2.37. The van der Waals surface area contributed by atoms with Crippen LogP contribution >= 0.6 is 0 Å². The van der Waals surface area contributed by atoms with Crippen molar-refractivity contribution >= 4 is 5.69 Å². The van der Waals surface area contributed by atoms with Crippen LogP contribution in [0.2, 0.25) is 0 Å². The van der Waals surface area contributed by atoms with Crippen molar-refractivity contribution < 1.29 is 0 Å². The topological polar surface area (TPSA) is 36.3 Å². The van der Waals surface area contributed by atoms with E-state index in [4.69, 9.17) is 5.10 Å². The molecule has 1 aliphatic rings. The fraction of sp³-hybridized carbons (Fsp3) is 0.464. The molecule has 3 aromatic rings. The third-order valence-corrected chi connectivity index (χ3v) is 6.76. The number of rotatable bonds is 10. The van der Waals surface area contributed by atoms with Crippen molar-refractivity contribution in [2.75, 3.05) is 44.2 Å². The van der Waals surface area contributed by atoms with E-state index in [9.17, 15) is 0 Å². The number of nitrogens with zero attached hydrogens (tertiary/aromatic N) is 4. The third kappa shape index (κ3) is 6.04. The largest absolute Gasteiger partial charge is 0.369 e. The molecule has 2 aromatic carbocycles. The molecule has 1 aliphatic heterocycles. The maximum atomic E-state index is 4.88. The number of aromatic nitrogens is 2. The molecule has 5 heteroatoms. The van der Waals surface area contributed by atoms with E-state index in [1.807, 2.05) is 0 Å². The van der Waals surface area contributed by atoms with E-state index in [2.05, 4.69) is 95.2 Å². The van der Waals surface area contributed by atoms with Crippen LogP contribution in [-0.2, 0) is 13.0 Å². The summed E-state index contributed by atoms with van der Waals surface area (Å²) in [4.78, 5) is 5.15. The van der Waals surface area contributed by atoms with E-state index in [-0.39, 0.29) is 0 Å².